The second kappa shape index (κ2) is 13.0. The number of imide groups is 2. The molecule has 2 aromatic carbocycles. The molecule has 314 valence electrons. The zero-order chi connectivity index (χ0) is 42.2. The summed E-state index contributed by atoms with van der Waals surface area (Å²) in [5.41, 5.74) is 0.112. The van der Waals surface area contributed by atoms with E-state index in [9.17, 15) is 28.8 Å². The molecule has 0 aromatic heterocycles. The molecule has 2 bridgehead atoms. The Labute approximate surface area is 346 Å². The van der Waals surface area contributed by atoms with Gasteiger partial charge in [-0.1, -0.05) is 0 Å². The molecule has 59 heavy (non-hydrogen) atoms. The molecular weight excluding hydrogens is 749 g/mol. The molecule has 2 aromatic rings. The SMILES string of the molecule is CC1(C)CC(N2C(=O)c3ccc(C(=O)OCC4CC5CC6(OC(=O)c7ccc8c(c7)C(=O)N(C7CC(C)(C)NC(C)(C)C7)C8=O)CCC5(C4)C6)cc3C2=O)CC(C)(C)N1. The highest BCUT2D eigenvalue weighted by atomic mass is 16.6. The molecule has 4 amide bonds. The summed E-state index contributed by atoms with van der Waals surface area (Å²) >= 11 is 0. The van der Waals surface area contributed by atoms with Crippen molar-refractivity contribution in [2.75, 3.05) is 6.61 Å². The lowest BCUT2D eigenvalue weighted by molar-refractivity contribution is -0.0181. The molecule has 0 radical (unpaired) electrons. The molecule has 12 heteroatoms. The van der Waals surface area contributed by atoms with Crippen molar-refractivity contribution in [2.45, 2.75) is 159 Å². The molecule has 3 aliphatic carbocycles. The minimum Gasteiger partial charge on any atom is -0.462 e. The summed E-state index contributed by atoms with van der Waals surface area (Å²) in [5, 5.41) is 7.22. The lowest BCUT2D eigenvalue weighted by Crippen LogP contribution is -2.62. The quantitative estimate of drug-likeness (QED) is 0.225. The molecule has 3 saturated carbocycles. The molecule has 9 rings (SSSR count). The van der Waals surface area contributed by atoms with E-state index in [0.717, 1.165) is 38.5 Å². The van der Waals surface area contributed by atoms with E-state index < -0.39 is 17.5 Å². The minimum absolute atomic E-state index is 0.0101. The third kappa shape index (κ3) is 6.82. The fraction of sp³-hybridized carbons (Fsp3) is 0.617. The number of fused-ring (bicyclic) bond motifs is 3. The van der Waals surface area contributed by atoms with Gasteiger partial charge in [-0.3, -0.25) is 29.0 Å². The highest BCUT2D eigenvalue weighted by Crippen LogP contribution is 2.68. The minimum atomic E-state index is -0.581. The number of nitrogens with one attached hydrogen (secondary N) is 2. The highest BCUT2D eigenvalue weighted by Gasteiger charge is 2.65. The average molecular weight is 807 g/mol. The Kier molecular flexibility index (Phi) is 8.84. The Hall–Kier alpha value is -4.42. The van der Waals surface area contributed by atoms with Crippen LogP contribution in [0.3, 0.4) is 0 Å². The van der Waals surface area contributed by atoms with Crippen LogP contribution in [0, 0.1) is 17.3 Å². The van der Waals surface area contributed by atoms with Gasteiger partial charge in [-0.05, 0) is 173 Å². The summed E-state index contributed by atoms with van der Waals surface area (Å²) in [5.74, 6) is -1.83. The molecule has 4 atom stereocenters. The monoisotopic (exact) mass is 806 g/mol. The normalized spacial score (nSPS) is 31.4. The third-order valence-electron chi connectivity index (χ3n) is 14.7. The number of amides is 4. The molecule has 12 nitrogen and oxygen atoms in total. The number of esters is 2. The van der Waals surface area contributed by atoms with Crippen molar-refractivity contribution in [3.63, 3.8) is 0 Å². The van der Waals surface area contributed by atoms with E-state index in [0.29, 0.717) is 42.7 Å². The van der Waals surface area contributed by atoms with Gasteiger partial charge in [0.1, 0.15) is 5.60 Å². The van der Waals surface area contributed by atoms with E-state index in [1.165, 1.54) is 21.9 Å². The van der Waals surface area contributed by atoms with Gasteiger partial charge in [0.05, 0.1) is 40.0 Å². The zero-order valence-electron chi connectivity index (χ0n) is 35.7. The van der Waals surface area contributed by atoms with Crippen molar-refractivity contribution in [1.82, 2.24) is 20.4 Å². The van der Waals surface area contributed by atoms with Crippen LogP contribution in [0.15, 0.2) is 36.4 Å². The maximum absolute atomic E-state index is 13.8. The topological polar surface area (TPSA) is 151 Å². The maximum atomic E-state index is 13.8. The first kappa shape index (κ1) is 40.0. The van der Waals surface area contributed by atoms with E-state index in [4.69, 9.17) is 9.47 Å². The van der Waals surface area contributed by atoms with Gasteiger partial charge in [0.2, 0.25) is 0 Å². The summed E-state index contributed by atoms with van der Waals surface area (Å²) in [6, 6.07) is 8.90. The first-order chi connectivity index (χ1) is 27.5. The first-order valence-corrected chi connectivity index (χ1v) is 21.5. The van der Waals surface area contributed by atoms with Crippen LogP contribution in [0.1, 0.15) is 182 Å². The van der Waals surface area contributed by atoms with Gasteiger partial charge in [0, 0.05) is 34.2 Å². The highest BCUT2D eigenvalue weighted by molar-refractivity contribution is 6.23. The number of hydrogen-bond donors (Lipinski definition) is 2. The second-order valence-corrected chi connectivity index (χ2v) is 21.8. The molecule has 4 heterocycles. The molecular formula is C47H58N4O8. The van der Waals surface area contributed by atoms with Crippen molar-refractivity contribution >= 4 is 35.6 Å². The lowest BCUT2D eigenvalue weighted by atomic mass is 9.77. The van der Waals surface area contributed by atoms with Crippen molar-refractivity contribution in [1.29, 1.82) is 0 Å². The van der Waals surface area contributed by atoms with Crippen LogP contribution in [0.2, 0.25) is 0 Å². The maximum Gasteiger partial charge on any atom is 0.338 e. The number of benzene rings is 2. The van der Waals surface area contributed by atoms with Crippen LogP contribution in [0.4, 0.5) is 0 Å². The Balaban J connectivity index is 0.806. The molecule has 5 fully saturated rings. The number of carbonyl (C=O) groups is 6. The summed E-state index contributed by atoms with van der Waals surface area (Å²) in [4.78, 5) is 84.4. The number of hydrogen-bond acceptors (Lipinski definition) is 10. The van der Waals surface area contributed by atoms with Gasteiger partial charge >= 0.3 is 11.9 Å². The van der Waals surface area contributed by atoms with Gasteiger partial charge in [-0.25, -0.2) is 9.59 Å². The number of carbonyl (C=O) groups excluding carboxylic acids is 6. The van der Waals surface area contributed by atoms with Gasteiger partial charge in [0.15, 0.2) is 0 Å². The number of rotatable bonds is 7. The molecule has 4 aliphatic heterocycles. The van der Waals surface area contributed by atoms with Gasteiger partial charge in [0.25, 0.3) is 23.6 Å². The molecule has 1 spiro atoms. The average Bonchev–Trinajstić information content (AvgIpc) is 3.86. The van der Waals surface area contributed by atoms with Crippen molar-refractivity contribution in [3.05, 3.63) is 69.8 Å². The van der Waals surface area contributed by atoms with Crippen LogP contribution in [0.5, 0.6) is 0 Å². The smallest absolute Gasteiger partial charge is 0.338 e. The number of ether oxygens (including phenoxy) is 2. The Morgan fingerprint density at radius 2 is 1.07 bits per heavy atom. The van der Waals surface area contributed by atoms with Gasteiger partial charge in [-0.15, -0.1) is 0 Å². The predicted octanol–water partition coefficient (Wildman–Crippen LogP) is 6.85. The largest absolute Gasteiger partial charge is 0.462 e. The van der Waals surface area contributed by atoms with Crippen molar-refractivity contribution in [3.8, 4) is 0 Å². The number of piperidine rings is 2. The van der Waals surface area contributed by atoms with Crippen LogP contribution in [-0.4, -0.2) is 91.8 Å². The molecule has 2 saturated heterocycles. The van der Waals surface area contributed by atoms with Crippen molar-refractivity contribution in [2.24, 2.45) is 17.3 Å². The molecule has 4 unspecified atom stereocenters. The van der Waals surface area contributed by atoms with Crippen LogP contribution < -0.4 is 10.6 Å². The lowest BCUT2D eigenvalue weighted by Gasteiger charge is -2.48. The van der Waals surface area contributed by atoms with Crippen LogP contribution >= 0.6 is 0 Å². The predicted molar refractivity (Wildman–Crippen MR) is 218 cm³/mol. The van der Waals surface area contributed by atoms with E-state index in [-0.39, 0.29) is 98.1 Å². The first-order valence-electron chi connectivity index (χ1n) is 21.5. The fourth-order valence-corrected chi connectivity index (χ4v) is 13.3. The number of nitrogens with zero attached hydrogens (tertiary/aromatic N) is 2. The Morgan fingerprint density at radius 3 is 1.54 bits per heavy atom. The summed E-state index contributed by atoms with van der Waals surface area (Å²) < 4.78 is 12.2. The van der Waals surface area contributed by atoms with E-state index >= 15 is 0 Å². The van der Waals surface area contributed by atoms with Crippen molar-refractivity contribution < 1.29 is 38.2 Å². The zero-order valence-corrected chi connectivity index (χ0v) is 35.7. The second-order valence-electron chi connectivity index (χ2n) is 21.8. The van der Waals surface area contributed by atoms with E-state index in [2.05, 4.69) is 66.0 Å². The summed E-state index contributed by atoms with van der Waals surface area (Å²) in [7, 11) is 0. The van der Waals surface area contributed by atoms with Gasteiger partial charge in [-0.2, -0.15) is 0 Å². The van der Waals surface area contributed by atoms with Crippen LogP contribution in [0.25, 0.3) is 0 Å². The summed E-state index contributed by atoms with van der Waals surface area (Å²) in [6.45, 7) is 16.9. The van der Waals surface area contributed by atoms with E-state index in [1.54, 1.807) is 24.3 Å². The van der Waals surface area contributed by atoms with E-state index in [1.807, 2.05) is 0 Å². The fourth-order valence-electron chi connectivity index (χ4n) is 13.3. The summed E-state index contributed by atoms with van der Waals surface area (Å²) in [6.07, 6.45) is 7.45. The molecule has 2 N–H and O–H groups in total. The standard InChI is InChI=1S/C47H58N4O8/c1-42(2)20-30(21-43(3,4)48-42)50-36(52)32-11-9-27(16-34(32)38(50)54)40(56)58-24-26-15-29-19-47(14-13-46(29,18-26)25-47)59-41(57)28-10-12-33-35(17-28)39(55)51(37(33)53)31-22-44(5,6)49-45(7,8)23-31/h9-12,16-17,26,29-31,48-49H,13-15,18-25H2,1-8H3. The Morgan fingerprint density at radius 1 is 0.610 bits per heavy atom. The van der Waals surface area contributed by atoms with Crippen LogP contribution in [-0.2, 0) is 9.47 Å². The van der Waals surface area contributed by atoms with Gasteiger partial charge < -0.3 is 20.1 Å². The third-order valence-corrected chi connectivity index (χ3v) is 14.7. The molecule has 7 aliphatic rings. The Bertz CT molecular complexity index is 2190.